The number of carbonyl (C=O) groups excluding carboxylic acids is 1. The van der Waals surface area contributed by atoms with E-state index in [1.54, 1.807) is 18.2 Å². The minimum atomic E-state index is 0.0183. The smallest absolute Gasteiger partial charge is 0.268 e. The standard InChI is InChI=1S/C27H34N4O4S/c1-18-13-19(2)26-24(14-18)36-31(27(26)33)8-6-25(32)28-9-11-29(12-10-28)30-7-5-20-15-22(34-3)23(35-4)16-21(20)17-30/h13-16H,5-12,17H2,1-4H3. The molecule has 2 aliphatic rings. The Labute approximate surface area is 215 Å². The number of ether oxygens (including phenoxy) is 2. The van der Waals surface area contributed by atoms with Crippen molar-refractivity contribution >= 4 is 27.5 Å². The van der Waals surface area contributed by atoms with Crippen LogP contribution < -0.4 is 15.0 Å². The maximum absolute atomic E-state index is 13.0. The largest absolute Gasteiger partial charge is 0.493 e. The summed E-state index contributed by atoms with van der Waals surface area (Å²) in [5, 5.41) is 5.54. The zero-order chi connectivity index (χ0) is 25.4. The Morgan fingerprint density at radius 2 is 1.61 bits per heavy atom. The van der Waals surface area contributed by atoms with Crippen molar-refractivity contribution in [2.24, 2.45) is 0 Å². The Morgan fingerprint density at radius 3 is 2.31 bits per heavy atom. The van der Waals surface area contributed by atoms with Crippen molar-refractivity contribution in [2.75, 3.05) is 46.9 Å². The number of aromatic nitrogens is 1. The molecule has 0 spiro atoms. The summed E-state index contributed by atoms with van der Waals surface area (Å²) >= 11 is 1.46. The van der Waals surface area contributed by atoms with Gasteiger partial charge in [0.25, 0.3) is 5.56 Å². The monoisotopic (exact) mass is 510 g/mol. The highest BCUT2D eigenvalue weighted by Crippen LogP contribution is 2.33. The van der Waals surface area contributed by atoms with E-state index in [4.69, 9.17) is 9.47 Å². The van der Waals surface area contributed by atoms with Gasteiger partial charge in [0.15, 0.2) is 11.5 Å². The minimum absolute atomic E-state index is 0.0183. The van der Waals surface area contributed by atoms with E-state index >= 15 is 0 Å². The molecule has 36 heavy (non-hydrogen) atoms. The second-order valence-electron chi connectivity index (χ2n) is 9.65. The first-order valence-electron chi connectivity index (χ1n) is 12.5. The van der Waals surface area contributed by atoms with Gasteiger partial charge in [-0.2, -0.15) is 0 Å². The molecular weight excluding hydrogens is 476 g/mol. The molecule has 0 atom stereocenters. The molecule has 0 saturated carbocycles. The molecule has 1 saturated heterocycles. The van der Waals surface area contributed by atoms with Crippen molar-refractivity contribution in [2.45, 2.75) is 39.8 Å². The highest BCUT2D eigenvalue weighted by atomic mass is 32.1. The van der Waals surface area contributed by atoms with Gasteiger partial charge >= 0.3 is 0 Å². The molecule has 8 nitrogen and oxygen atoms in total. The highest BCUT2D eigenvalue weighted by Gasteiger charge is 2.28. The molecule has 0 unspecified atom stereocenters. The van der Waals surface area contributed by atoms with E-state index in [0.717, 1.165) is 65.3 Å². The highest BCUT2D eigenvalue weighted by molar-refractivity contribution is 7.13. The first-order valence-corrected chi connectivity index (χ1v) is 13.3. The van der Waals surface area contributed by atoms with Gasteiger partial charge in [-0.05, 0) is 60.7 Å². The lowest BCUT2D eigenvalue weighted by Crippen LogP contribution is -2.55. The first-order chi connectivity index (χ1) is 17.4. The Bertz CT molecular complexity index is 1340. The molecule has 192 valence electrons. The van der Waals surface area contributed by atoms with Gasteiger partial charge in [-0.1, -0.05) is 17.6 Å². The fourth-order valence-corrected chi connectivity index (χ4v) is 6.57. The zero-order valence-corrected chi connectivity index (χ0v) is 22.3. The van der Waals surface area contributed by atoms with Gasteiger partial charge < -0.3 is 14.4 Å². The third-order valence-corrected chi connectivity index (χ3v) is 8.42. The van der Waals surface area contributed by atoms with Gasteiger partial charge in [-0.25, -0.2) is 10.0 Å². The zero-order valence-electron chi connectivity index (χ0n) is 21.5. The van der Waals surface area contributed by atoms with Gasteiger partial charge in [0.1, 0.15) is 0 Å². The average Bonchev–Trinajstić information content (AvgIpc) is 3.21. The van der Waals surface area contributed by atoms with Crippen molar-refractivity contribution in [1.82, 2.24) is 18.9 Å². The number of rotatable bonds is 6. The van der Waals surface area contributed by atoms with Gasteiger partial charge in [0, 0.05) is 52.2 Å². The summed E-state index contributed by atoms with van der Waals surface area (Å²) < 4.78 is 13.7. The summed E-state index contributed by atoms with van der Waals surface area (Å²) in [5.74, 6) is 1.66. The van der Waals surface area contributed by atoms with Crippen LogP contribution in [0.2, 0.25) is 0 Å². The summed E-state index contributed by atoms with van der Waals surface area (Å²) in [6, 6.07) is 8.27. The molecule has 9 heteroatoms. The van der Waals surface area contributed by atoms with Crippen LogP contribution in [-0.2, 0) is 24.3 Å². The number of nitrogens with zero attached hydrogens (tertiary/aromatic N) is 4. The molecule has 0 bridgehead atoms. The van der Waals surface area contributed by atoms with Crippen molar-refractivity contribution < 1.29 is 14.3 Å². The second kappa shape index (κ2) is 10.2. The number of fused-ring (bicyclic) bond motifs is 2. The van der Waals surface area contributed by atoms with Gasteiger partial charge in [-0.3, -0.25) is 13.5 Å². The summed E-state index contributed by atoms with van der Waals surface area (Å²) in [7, 11) is 3.34. The molecule has 0 radical (unpaired) electrons. The van der Waals surface area contributed by atoms with E-state index in [0.29, 0.717) is 26.1 Å². The number of hydrogen-bond acceptors (Lipinski definition) is 7. The van der Waals surface area contributed by atoms with Crippen LogP contribution in [0, 0.1) is 13.8 Å². The predicted octanol–water partition coefficient (Wildman–Crippen LogP) is 3.20. The molecule has 2 aliphatic heterocycles. The summed E-state index contributed by atoms with van der Waals surface area (Å²) in [6.45, 7) is 9.27. The third kappa shape index (κ3) is 4.75. The SMILES string of the molecule is COc1cc2c(cc1OC)CN(N1CCN(C(=O)CCn3sc4cc(C)cc(C)c4c3=O)CC1)CC2. The van der Waals surface area contributed by atoms with Crippen LogP contribution in [0.25, 0.3) is 10.1 Å². The Morgan fingerprint density at radius 1 is 0.917 bits per heavy atom. The van der Waals surface area contributed by atoms with Crippen molar-refractivity contribution in [3.05, 3.63) is 56.9 Å². The molecule has 0 N–H and O–H groups in total. The van der Waals surface area contributed by atoms with Gasteiger partial charge in [0.05, 0.1) is 24.3 Å². The number of hydrogen-bond donors (Lipinski definition) is 0. The molecule has 3 aromatic rings. The summed E-state index contributed by atoms with van der Waals surface area (Å²) in [5.41, 5.74) is 4.74. The van der Waals surface area contributed by atoms with E-state index in [-0.39, 0.29) is 11.5 Å². The maximum Gasteiger partial charge on any atom is 0.268 e. The van der Waals surface area contributed by atoms with Gasteiger partial charge in [-0.15, -0.1) is 0 Å². The number of amides is 1. The van der Waals surface area contributed by atoms with Crippen molar-refractivity contribution in [3.63, 3.8) is 0 Å². The van der Waals surface area contributed by atoms with Crippen LogP contribution in [0.5, 0.6) is 11.5 Å². The normalized spacial score (nSPS) is 16.8. The molecule has 1 fully saturated rings. The number of piperazine rings is 1. The Kier molecular flexibility index (Phi) is 7.05. The van der Waals surface area contributed by atoms with E-state index in [1.807, 2.05) is 24.8 Å². The fourth-order valence-electron chi connectivity index (χ4n) is 5.40. The summed E-state index contributed by atoms with van der Waals surface area (Å²) in [4.78, 5) is 27.7. The van der Waals surface area contributed by atoms with Crippen LogP contribution in [0.3, 0.4) is 0 Å². The number of hydrazine groups is 1. The lowest BCUT2D eigenvalue weighted by Gasteiger charge is -2.43. The maximum atomic E-state index is 13.0. The lowest BCUT2D eigenvalue weighted by atomic mass is 9.99. The minimum Gasteiger partial charge on any atom is -0.493 e. The fraction of sp³-hybridized carbons (Fsp3) is 0.481. The summed E-state index contributed by atoms with van der Waals surface area (Å²) in [6.07, 6.45) is 1.31. The van der Waals surface area contributed by atoms with E-state index in [1.165, 1.54) is 22.7 Å². The quantitative estimate of drug-likeness (QED) is 0.508. The van der Waals surface area contributed by atoms with Crippen LogP contribution >= 0.6 is 11.5 Å². The van der Waals surface area contributed by atoms with Crippen LogP contribution in [0.4, 0.5) is 0 Å². The molecule has 5 rings (SSSR count). The number of benzene rings is 2. The first kappa shape index (κ1) is 24.8. The predicted molar refractivity (Wildman–Crippen MR) is 142 cm³/mol. The molecule has 1 amide bonds. The Balaban J connectivity index is 1.16. The van der Waals surface area contributed by atoms with Gasteiger partial charge in [0.2, 0.25) is 5.91 Å². The Hall–Kier alpha value is -2.88. The number of methoxy groups -OCH3 is 2. The van der Waals surface area contributed by atoms with E-state index < -0.39 is 0 Å². The molecule has 3 heterocycles. The molecular formula is C27H34N4O4S. The van der Waals surface area contributed by atoms with Crippen molar-refractivity contribution in [3.8, 4) is 11.5 Å². The lowest BCUT2D eigenvalue weighted by molar-refractivity contribution is -0.137. The molecule has 0 aliphatic carbocycles. The van der Waals surface area contributed by atoms with Crippen LogP contribution in [0.15, 0.2) is 29.1 Å². The number of aryl methyl sites for hydroxylation is 3. The second-order valence-corrected chi connectivity index (χ2v) is 10.7. The molecule has 2 aromatic carbocycles. The van der Waals surface area contributed by atoms with E-state index in [9.17, 15) is 9.59 Å². The molecule has 1 aromatic heterocycles. The number of carbonyl (C=O) groups is 1. The van der Waals surface area contributed by atoms with Crippen LogP contribution in [-0.4, -0.2) is 71.7 Å². The average molecular weight is 511 g/mol. The van der Waals surface area contributed by atoms with E-state index in [2.05, 4.69) is 28.2 Å². The van der Waals surface area contributed by atoms with Crippen LogP contribution in [0.1, 0.15) is 28.7 Å². The topological polar surface area (TPSA) is 67.2 Å². The third-order valence-electron chi connectivity index (χ3n) is 7.33. The van der Waals surface area contributed by atoms with Crippen molar-refractivity contribution in [1.29, 1.82) is 0 Å².